The Hall–Kier alpha value is -5.18. The van der Waals surface area contributed by atoms with Crippen molar-refractivity contribution in [2.24, 2.45) is 5.41 Å². The minimum Gasteiger partial charge on any atom is -0.480 e. The van der Waals surface area contributed by atoms with Crippen LogP contribution in [0.25, 0.3) is 0 Å². The number of carboxylic acids is 1. The molecule has 0 aromatic carbocycles. The van der Waals surface area contributed by atoms with Crippen molar-refractivity contribution >= 4 is 57.2 Å². The lowest BCUT2D eigenvalue weighted by atomic mass is 9.92. The number of tetrazole rings is 1. The number of hydrogen-bond acceptors (Lipinski definition) is 17. The molecule has 1 aromatic rings. The summed E-state index contributed by atoms with van der Waals surface area (Å²) in [6, 6.07) is -1.28. The molecule has 25 nitrogen and oxygen atoms in total. The number of sulfonamides is 1. The summed E-state index contributed by atoms with van der Waals surface area (Å²) in [6.07, 6.45) is 19.0. The predicted molar refractivity (Wildman–Crippen MR) is 304 cm³/mol. The van der Waals surface area contributed by atoms with Crippen LogP contribution in [0.5, 0.6) is 0 Å². The molecule has 81 heavy (non-hydrogen) atoms. The molecule has 0 radical (unpaired) electrons. The number of ketones is 1. The van der Waals surface area contributed by atoms with Crippen LogP contribution >= 0.6 is 0 Å². The topological polar surface area (TPSA) is 354 Å². The Kier molecular flexibility index (Phi) is 43.1. The van der Waals surface area contributed by atoms with E-state index >= 15 is 0 Å². The van der Waals surface area contributed by atoms with Crippen molar-refractivity contribution in [2.45, 2.75) is 213 Å². The first-order chi connectivity index (χ1) is 38.7. The lowest BCUT2D eigenvalue weighted by molar-refractivity contribution is -0.142. The summed E-state index contributed by atoms with van der Waals surface area (Å²) in [5, 5.41) is 37.0. The molecule has 0 saturated heterocycles. The number of carboxylic acid groups (broad SMARTS) is 1. The van der Waals surface area contributed by atoms with Crippen molar-refractivity contribution in [1.29, 1.82) is 0 Å². The summed E-state index contributed by atoms with van der Waals surface area (Å²) in [4.78, 5) is 97.1. The molecule has 2 atom stereocenters. The lowest BCUT2D eigenvalue weighted by Gasteiger charge is -2.17. The van der Waals surface area contributed by atoms with E-state index in [0.29, 0.717) is 25.8 Å². The molecule has 0 bridgehead atoms. The number of carbonyl (C=O) groups excluding carboxylic acids is 7. The van der Waals surface area contributed by atoms with E-state index in [0.717, 1.165) is 63.6 Å². The van der Waals surface area contributed by atoms with Gasteiger partial charge in [-0.25, -0.2) is 13.2 Å². The molecular formula is C55H100N10O15S. The molecule has 26 heteroatoms. The summed E-state index contributed by atoms with van der Waals surface area (Å²) in [7, 11) is -3.84. The number of amides is 6. The highest BCUT2D eigenvalue weighted by Crippen LogP contribution is 2.18. The Morgan fingerprint density at radius 2 is 1.09 bits per heavy atom. The van der Waals surface area contributed by atoms with Gasteiger partial charge < -0.3 is 50.6 Å². The second-order valence-electron chi connectivity index (χ2n) is 21.7. The minimum absolute atomic E-state index is 0.0328. The molecule has 8 N–H and O–H groups in total. The maximum Gasteiger partial charge on any atom is 0.326 e. The monoisotopic (exact) mass is 1170 g/mol. The summed E-state index contributed by atoms with van der Waals surface area (Å²) in [6.45, 7) is 9.63. The summed E-state index contributed by atoms with van der Waals surface area (Å²) < 4.78 is 48.3. The first-order valence-corrected chi connectivity index (χ1v) is 31.1. The van der Waals surface area contributed by atoms with Crippen LogP contribution in [0.2, 0.25) is 0 Å². The van der Waals surface area contributed by atoms with Crippen LogP contribution in [-0.4, -0.2) is 172 Å². The van der Waals surface area contributed by atoms with Crippen molar-refractivity contribution in [3.8, 4) is 0 Å². The van der Waals surface area contributed by atoms with Crippen LogP contribution in [0.4, 0.5) is 0 Å². The van der Waals surface area contributed by atoms with Gasteiger partial charge in [0.05, 0.1) is 38.8 Å². The van der Waals surface area contributed by atoms with E-state index in [1.165, 1.54) is 44.9 Å². The molecule has 0 fully saturated rings. The first-order valence-electron chi connectivity index (χ1n) is 29.4. The van der Waals surface area contributed by atoms with E-state index in [2.05, 4.69) is 51.9 Å². The molecule has 466 valence electrons. The maximum atomic E-state index is 12.4. The molecule has 1 heterocycles. The molecule has 0 aliphatic rings. The molecule has 0 spiro atoms. The highest BCUT2D eigenvalue weighted by molar-refractivity contribution is 7.90. The van der Waals surface area contributed by atoms with E-state index in [4.69, 9.17) is 18.9 Å². The SMILES string of the molecule is C[C@H](CCCCNC(=O)CC(C)(C)C)NC(=O)COCCOCCCC(=O)CC[C@H](NC(=O)CCCNC(=O)COCCOCCNC(=O)CCCS(=O)(=O)NC(=O)CCCCCCCCCCCCCCCc1nn[nH]n1)C(=O)O. The highest BCUT2D eigenvalue weighted by atomic mass is 32.2. The number of nitrogens with zero attached hydrogens (tertiary/aromatic N) is 3. The van der Waals surface area contributed by atoms with Gasteiger partial charge in [-0.15, -0.1) is 10.2 Å². The Bertz CT molecular complexity index is 2010. The quantitative estimate of drug-likeness (QED) is 0.0418. The number of aromatic nitrogens is 4. The number of hydrogen-bond donors (Lipinski definition) is 8. The van der Waals surface area contributed by atoms with Crippen LogP contribution in [-0.2, 0) is 73.7 Å². The number of aromatic amines is 1. The third-order valence-corrected chi connectivity index (χ3v) is 13.9. The fraction of sp³-hybridized carbons (Fsp3) is 0.836. The van der Waals surface area contributed by atoms with Gasteiger partial charge in [-0.1, -0.05) is 96.6 Å². The Balaban J connectivity index is 1.96. The Morgan fingerprint density at radius 3 is 1.72 bits per heavy atom. The Labute approximate surface area is 481 Å². The zero-order valence-corrected chi connectivity index (χ0v) is 50.0. The van der Waals surface area contributed by atoms with Crippen molar-refractivity contribution < 1.29 is 70.8 Å². The zero-order chi connectivity index (χ0) is 59.8. The van der Waals surface area contributed by atoms with E-state index in [1.54, 1.807) is 0 Å². The first kappa shape index (κ1) is 73.8. The number of unbranched alkanes of at least 4 members (excludes halogenated alkanes) is 13. The summed E-state index contributed by atoms with van der Waals surface area (Å²) in [5.41, 5.74) is -0.0536. The van der Waals surface area contributed by atoms with Gasteiger partial charge in [-0.05, 0) is 70.1 Å². The average Bonchev–Trinajstić information content (AvgIpc) is 3.92. The number of carbonyl (C=O) groups is 8. The number of rotatable bonds is 54. The van der Waals surface area contributed by atoms with Gasteiger partial charge >= 0.3 is 5.97 Å². The molecule has 0 unspecified atom stereocenters. The second-order valence-corrected chi connectivity index (χ2v) is 23.5. The highest BCUT2D eigenvalue weighted by Gasteiger charge is 2.21. The van der Waals surface area contributed by atoms with Crippen LogP contribution in [0, 0.1) is 5.41 Å². The average molecular weight is 1170 g/mol. The van der Waals surface area contributed by atoms with E-state index < -0.39 is 39.8 Å². The number of nitrogens with one attached hydrogen (secondary N) is 7. The zero-order valence-electron chi connectivity index (χ0n) is 49.1. The van der Waals surface area contributed by atoms with Crippen molar-refractivity contribution in [1.82, 2.24) is 51.9 Å². The fourth-order valence-corrected chi connectivity index (χ4v) is 9.29. The fourth-order valence-electron chi connectivity index (χ4n) is 8.21. The van der Waals surface area contributed by atoms with Crippen LogP contribution in [0.1, 0.15) is 200 Å². The van der Waals surface area contributed by atoms with Gasteiger partial charge in [-0.2, -0.15) is 5.21 Å². The van der Waals surface area contributed by atoms with Crippen molar-refractivity contribution in [2.75, 3.05) is 78.2 Å². The molecule has 1 rings (SSSR count). The normalized spacial score (nSPS) is 12.3. The number of H-pyrrole nitrogens is 1. The van der Waals surface area contributed by atoms with Gasteiger partial charge in [0.2, 0.25) is 45.5 Å². The molecule has 1 aromatic heterocycles. The number of aryl methyl sites for hydroxylation is 1. The van der Waals surface area contributed by atoms with Gasteiger partial charge in [0.25, 0.3) is 0 Å². The number of Topliss-reactive ketones (excluding diaryl/α,β-unsaturated/α-hetero) is 1. The van der Waals surface area contributed by atoms with Crippen LogP contribution in [0.3, 0.4) is 0 Å². The molecule has 0 aliphatic carbocycles. The number of ether oxygens (including phenoxy) is 4. The van der Waals surface area contributed by atoms with E-state index in [1.807, 2.05) is 27.7 Å². The van der Waals surface area contributed by atoms with Gasteiger partial charge in [0.1, 0.15) is 25.0 Å². The largest absolute Gasteiger partial charge is 0.480 e. The summed E-state index contributed by atoms with van der Waals surface area (Å²) in [5.74, 6) is -3.05. The summed E-state index contributed by atoms with van der Waals surface area (Å²) >= 11 is 0. The van der Waals surface area contributed by atoms with Crippen molar-refractivity contribution in [3.05, 3.63) is 5.82 Å². The van der Waals surface area contributed by atoms with E-state index in [-0.39, 0.29) is 158 Å². The van der Waals surface area contributed by atoms with Gasteiger partial charge in [0.15, 0.2) is 5.82 Å². The standard InChI is InChI=1S/C55H100N10O15S/c1-44(23-18-19-31-56-51(70)41-55(2,3)4)59-53(72)43-80-38-36-77-34-21-24-45(66)29-30-46(54(73)74)60-49(68)27-20-32-57-52(71)42-79-39-37-78-35-33-58-48(67)28-22-40-81(75,76)63-50(69)26-17-15-13-11-9-7-5-6-8-10-12-14-16-25-47-61-64-65-62-47/h44,46H,5-43H2,1-4H3,(H,56,70)(H,57,71)(H,58,67)(H,59,72)(H,60,68)(H,63,69)(H,73,74)(H,61,62,64,65)/t44-,46+/m1/s1. The number of aliphatic carboxylic acids is 1. The lowest BCUT2D eigenvalue weighted by Crippen LogP contribution is -2.41. The van der Waals surface area contributed by atoms with Crippen molar-refractivity contribution in [3.63, 3.8) is 0 Å². The van der Waals surface area contributed by atoms with E-state index in [9.17, 15) is 51.9 Å². The van der Waals surface area contributed by atoms with Crippen LogP contribution in [0.15, 0.2) is 0 Å². The smallest absolute Gasteiger partial charge is 0.326 e. The predicted octanol–water partition coefficient (Wildman–Crippen LogP) is 4.44. The Morgan fingerprint density at radius 1 is 0.531 bits per heavy atom. The van der Waals surface area contributed by atoms with Crippen LogP contribution < -0.4 is 31.3 Å². The third-order valence-electron chi connectivity index (χ3n) is 12.5. The molecular weight excluding hydrogens is 1070 g/mol. The maximum absolute atomic E-state index is 12.4. The second kappa shape index (κ2) is 47.3. The third kappa shape index (κ3) is 48.1. The van der Waals surface area contributed by atoms with Gasteiger partial charge in [-0.3, -0.25) is 38.3 Å². The van der Waals surface area contributed by atoms with Gasteiger partial charge in [0, 0.05) is 77.2 Å². The molecule has 0 saturated carbocycles. The molecule has 0 aliphatic heterocycles. The minimum atomic E-state index is -3.84. The molecule has 6 amide bonds.